The van der Waals surface area contributed by atoms with Crippen LogP contribution in [0, 0.1) is 5.92 Å². The van der Waals surface area contributed by atoms with E-state index in [1.807, 2.05) is 6.92 Å². The molecular formula is C15H20Cl2N2O. The molecule has 0 unspecified atom stereocenters. The van der Waals surface area contributed by atoms with Crippen molar-refractivity contribution in [1.82, 2.24) is 5.32 Å². The van der Waals surface area contributed by atoms with Crippen LogP contribution in [-0.4, -0.2) is 25.5 Å². The molecule has 3 nitrogen and oxygen atoms in total. The standard InChI is InChI=1S/C15H20Cl2N2O/c1-2-19(15-12(16)4-3-5-13(15)17)14(20)10-11-6-8-18-9-7-11/h3-5,11,18H,2,6-10H2,1H3. The van der Waals surface area contributed by atoms with E-state index in [0.717, 1.165) is 25.9 Å². The maximum Gasteiger partial charge on any atom is 0.227 e. The lowest BCUT2D eigenvalue weighted by molar-refractivity contribution is -0.119. The van der Waals surface area contributed by atoms with Gasteiger partial charge < -0.3 is 10.2 Å². The van der Waals surface area contributed by atoms with Gasteiger partial charge in [0, 0.05) is 13.0 Å². The third kappa shape index (κ3) is 3.66. The molecule has 20 heavy (non-hydrogen) atoms. The summed E-state index contributed by atoms with van der Waals surface area (Å²) in [5.41, 5.74) is 0.636. The summed E-state index contributed by atoms with van der Waals surface area (Å²) in [4.78, 5) is 14.2. The van der Waals surface area contributed by atoms with E-state index in [2.05, 4.69) is 5.32 Å². The topological polar surface area (TPSA) is 32.3 Å². The van der Waals surface area contributed by atoms with Crippen molar-refractivity contribution in [2.24, 2.45) is 5.92 Å². The minimum Gasteiger partial charge on any atom is -0.317 e. The van der Waals surface area contributed by atoms with Crippen LogP contribution in [0.3, 0.4) is 0 Å². The summed E-state index contributed by atoms with van der Waals surface area (Å²) < 4.78 is 0. The van der Waals surface area contributed by atoms with E-state index >= 15 is 0 Å². The van der Waals surface area contributed by atoms with E-state index in [0.29, 0.717) is 34.6 Å². The summed E-state index contributed by atoms with van der Waals surface area (Å²) in [6, 6.07) is 5.33. The molecule has 0 aliphatic carbocycles. The number of anilines is 1. The number of amides is 1. The van der Waals surface area contributed by atoms with Crippen molar-refractivity contribution in [3.8, 4) is 0 Å². The molecular weight excluding hydrogens is 295 g/mol. The lowest BCUT2D eigenvalue weighted by Crippen LogP contribution is -2.35. The third-order valence-corrected chi connectivity index (χ3v) is 4.36. The predicted octanol–water partition coefficient (Wildman–Crippen LogP) is 3.74. The highest BCUT2D eigenvalue weighted by Gasteiger charge is 2.23. The monoisotopic (exact) mass is 314 g/mol. The van der Waals surface area contributed by atoms with E-state index in [-0.39, 0.29) is 5.91 Å². The number of carbonyl (C=O) groups is 1. The third-order valence-electron chi connectivity index (χ3n) is 3.75. The van der Waals surface area contributed by atoms with Gasteiger partial charge in [-0.3, -0.25) is 4.79 Å². The zero-order valence-corrected chi connectivity index (χ0v) is 13.2. The van der Waals surface area contributed by atoms with Gasteiger partial charge in [0.25, 0.3) is 0 Å². The largest absolute Gasteiger partial charge is 0.317 e. The SMILES string of the molecule is CCN(C(=O)CC1CCNCC1)c1c(Cl)cccc1Cl. The number of carbonyl (C=O) groups excluding carboxylic acids is 1. The van der Waals surface area contributed by atoms with Crippen LogP contribution >= 0.6 is 23.2 Å². The Morgan fingerprint density at radius 3 is 2.45 bits per heavy atom. The average Bonchev–Trinajstić information content (AvgIpc) is 2.44. The summed E-state index contributed by atoms with van der Waals surface area (Å²) in [5.74, 6) is 0.563. The van der Waals surface area contributed by atoms with Crippen LogP contribution in [0.5, 0.6) is 0 Å². The number of hydrogen-bond donors (Lipinski definition) is 1. The van der Waals surface area contributed by atoms with Gasteiger partial charge in [0.1, 0.15) is 0 Å². The molecule has 0 atom stereocenters. The first kappa shape index (κ1) is 15.6. The lowest BCUT2D eigenvalue weighted by Gasteiger charge is -2.27. The molecule has 1 amide bonds. The predicted molar refractivity (Wildman–Crippen MR) is 84.7 cm³/mol. The van der Waals surface area contributed by atoms with Gasteiger partial charge in [-0.15, -0.1) is 0 Å². The van der Waals surface area contributed by atoms with E-state index in [1.165, 1.54) is 0 Å². The molecule has 2 rings (SSSR count). The molecule has 1 aromatic rings. The molecule has 0 saturated carbocycles. The molecule has 1 saturated heterocycles. The van der Waals surface area contributed by atoms with Crippen LogP contribution in [0.1, 0.15) is 26.2 Å². The molecule has 110 valence electrons. The van der Waals surface area contributed by atoms with Gasteiger partial charge in [-0.2, -0.15) is 0 Å². The molecule has 0 spiro atoms. The Hall–Kier alpha value is -0.770. The van der Waals surface area contributed by atoms with Crippen molar-refractivity contribution in [3.05, 3.63) is 28.2 Å². The number of para-hydroxylation sites is 1. The first-order chi connectivity index (χ1) is 9.63. The Morgan fingerprint density at radius 2 is 1.90 bits per heavy atom. The Labute approximate surface area is 130 Å². The highest BCUT2D eigenvalue weighted by atomic mass is 35.5. The molecule has 1 aliphatic rings. The zero-order chi connectivity index (χ0) is 14.5. The van der Waals surface area contributed by atoms with E-state index in [4.69, 9.17) is 23.2 Å². The van der Waals surface area contributed by atoms with Crippen LogP contribution in [0.25, 0.3) is 0 Å². The molecule has 0 radical (unpaired) electrons. The zero-order valence-electron chi connectivity index (χ0n) is 11.7. The Bertz CT molecular complexity index is 453. The van der Waals surface area contributed by atoms with Crippen LogP contribution in [0.4, 0.5) is 5.69 Å². The molecule has 1 aliphatic heterocycles. The summed E-state index contributed by atoms with van der Waals surface area (Å²) in [7, 11) is 0. The maximum atomic E-state index is 12.5. The number of benzene rings is 1. The van der Waals surface area contributed by atoms with Gasteiger partial charge in [0.15, 0.2) is 0 Å². The van der Waals surface area contributed by atoms with E-state index < -0.39 is 0 Å². The molecule has 1 aromatic carbocycles. The van der Waals surface area contributed by atoms with Crippen LogP contribution in [0.15, 0.2) is 18.2 Å². The van der Waals surface area contributed by atoms with Crippen molar-refractivity contribution in [2.75, 3.05) is 24.5 Å². The molecule has 5 heteroatoms. The van der Waals surface area contributed by atoms with Crippen LogP contribution in [0.2, 0.25) is 10.0 Å². The molecule has 1 fully saturated rings. The Balaban J connectivity index is 2.12. The Kier molecular flexibility index (Phi) is 5.70. The van der Waals surface area contributed by atoms with Crippen LogP contribution < -0.4 is 10.2 Å². The summed E-state index contributed by atoms with van der Waals surface area (Å²) in [6.45, 7) is 4.51. The smallest absolute Gasteiger partial charge is 0.227 e. The van der Waals surface area contributed by atoms with Gasteiger partial charge in [-0.25, -0.2) is 0 Å². The normalized spacial score (nSPS) is 16.1. The number of nitrogens with one attached hydrogen (secondary N) is 1. The average molecular weight is 315 g/mol. The quantitative estimate of drug-likeness (QED) is 0.918. The Morgan fingerprint density at radius 1 is 1.30 bits per heavy atom. The maximum absolute atomic E-state index is 12.5. The lowest BCUT2D eigenvalue weighted by atomic mass is 9.94. The molecule has 1 N–H and O–H groups in total. The van der Waals surface area contributed by atoms with Crippen molar-refractivity contribution in [1.29, 1.82) is 0 Å². The van der Waals surface area contributed by atoms with Crippen molar-refractivity contribution in [2.45, 2.75) is 26.2 Å². The molecule has 0 bridgehead atoms. The van der Waals surface area contributed by atoms with E-state index in [1.54, 1.807) is 23.1 Å². The molecule has 0 aromatic heterocycles. The summed E-state index contributed by atoms with van der Waals surface area (Å²) >= 11 is 12.4. The number of halogens is 2. The first-order valence-corrected chi connectivity index (χ1v) is 7.84. The van der Waals surface area contributed by atoms with Crippen molar-refractivity contribution >= 4 is 34.8 Å². The molecule has 1 heterocycles. The van der Waals surface area contributed by atoms with Gasteiger partial charge in [-0.1, -0.05) is 29.3 Å². The fourth-order valence-electron chi connectivity index (χ4n) is 2.65. The number of rotatable bonds is 4. The first-order valence-electron chi connectivity index (χ1n) is 7.08. The second-order valence-corrected chi connectivity index (χ2v) is 5.92. The number of hydrogen-bond acceptors (Lipinski definition) is 2. The second kappa shape index (κ2) is 7.30. The van der Waals surface area contributed by atoms with Gasteiger partial charge in [0.2, 0.25) is 5.91 Å². The summed E-state index contributed by atoms with van der Waals surface area (Å²) in [6.07, 6.45) is 2.68. The van der Waals surface area contributed by atoms with Crippen LogP contribution in [-0.2, 0) is 4.79 Å². The highest BCUT2D eigenvalue weighted by Crippen LogP contribution is 2.34. The minimum absolute atomic E-state index is 0.106. The highest BCUT2D eigenvalue weighted by molar-refractivity contribution is 6.39. The van der Waals surface area contributed by atoms with Crippen molar-refractivity contribution in [3.63, 3.8) is 0 Å². The summed E-state index contributed by atoms with van der Waals surface area (Å²) in [5, 5.41) is 4.37. The fourth-order valence-corrected chi connectivity index (χ4v) is 3.25. The second-order valence-electron chi connectivity index (χ2n) is 5.11. The van der Waals surface area contributed by atoms with Gasteiger partial charge >= 0.3 is 0 Å². The van der Waals surface area contributed by atoms with Crippen molar-refractivity contribution < 1.29 is 4.79 Å². The van der Waals surface area contributed by atoms with E-state index in [9.17, 15) is 4.79 Å². The fraction of sp³-hybridized carbons (Fsp3) is 0.533. The minimum atomic E-state index is 0.106. The number of nitrogens with zero attached hydrogens (tertiary/aromatic N) is 1. The van der Waals surface area contributed by atoms with Gasteiger partial charge in [0.05, 0.1) is 15.7 Å². The number of piperidine rings is 1. The van der Waals surface area contributed by atoms with Gasteiger partial charge in [-0.05, 0) is 50.9 Å².